The molecule has 130 valence electrons. The smallest absolute Gasteiger partial charge is 0.225 e. The molecular weight excluding hydrogens is 306 g/mol. The number of amides is 1. The molecule has 2 aliphatic heterocycles. The first-order chi connectivity index (χ1) is 11.6. The fourth-order valence-electron chi connectivity index (χ4n) is 3.39. The van der Waals surface area contributed by atoms with Crippen molar-refractivity contribution >= 4 is 5.91 Å². The topological polar surface area (TPSA) is 74.4 Å². The zero-order chi connectivity index (χ0) is 17.1. The second-order valence-electron chi connectivity index (χ2n) is 6.81. The van der Waals surface area contributed by atoms with E-state index in [0.29, 0.717) is 31.3 Å². The molecule has 0 radical (unpaired) electrons. The van der Waals surface area contributed by atoms with Crippen LogP contribution in [0.25, 0.3) is 0 Å². The van der Waals surface area contributed by atoms with E-state index in [9.17, 15) is 4.79 Å². The minimum Gasteiger partial charge on any atom is -0.375 e. The Bertz CT molecular complexity index is 633. The van der Waals surface area contributed by atoms with Gasteiger partial charge in [-0.25, -0.2) is 0 Å². The van der Waals surface area contributed by atoms with E-state index in [1.54, 1.807) is 6.07 Å². The predicted molar refractivity (Wildman–Crippen MR) is 88.0 cm³/mol. The van der Waals surface area contributed by atoms with Crippen molar-refractivity contribution in [3.63, 3.8) is 0 Å². The summed E-state index contributed by atoms with van der Waals surface area (Å²) in [4.78, 5) is 16.9. The van der Waals surface area contributed by atoms with E-state index in [1.165, 1.54) is 0 Å². The van der Waals surface area contributed by atoms with Crippen LogP contribution >= 0.6 is 0 Å². The molecule has 0 N–H and O–H groups in total. The number of hydrogen-bond donors (Lipinski definition) is 0. The Morgan fingerprint density at radius 1 is 1.46 bits per heavy atom. The lowest BCUT2D eigenvalue weighted by atomic mass is 10.1. The van der Waals surface area contributed by atoms with Crippen LogP contribution in [-0.4, -0.2) is 63.9 Å². The molecule has 1 fully saturated rings. The maximum Gasteiger partial charge on any atom is 0.225 e. The van der Waals surface area contributed by atoms with Gasteiger partial charge in [-0.3, -0.25) is 14.4 Å². The molecule has 3 rings (SSSR count). The minimum atomic E-state index is -0.0310. The molecule has 0 aromatic carbocycles. The molecule has 2 aliphatic rings. The number of rotatable bonds is 3. The van der Waals surface area contributed by atoms with E-state index in [4.69, 9.17) is 10.00 Å². The van der Waals surface area contributed by atoms with Gasteiger partial charge in [0.2, 0.25) is 5.91 Å². The number of carbonyl (C=O) groups excluding carboxylic acids is 1. The molecule has 1 atom stereocenters. The number of fused-ring (bicyclic) bond motifs is 1. The second-order valence-corrected chi connectivity index (χ2v) is 6.81. The maximum absolute atomic E-state index is 12.7. The maximum atomic E-state index is 12.7. The number of nitrogens with zero attached hydrogens (tertiary/aromatic N) is 5. The normalized spacial score (nSPS) is 22.1. The molecule has 1 saturated heterocycles. The number of aromatic nitrogens is 2. The van der Waals surface area contributed by atoms with Crippen LogP contribution in [0.5, 0.6) is 0 Å². The van der Waals surface area contributed by atoms with Crippen LogP contribution < -0.4 is 0 Å². The van der Waals surface area contributed by atoms with Gasteiger partial charge in [-0.2, -0.15) is 10.4 Å². The molecule has 24 heavy (non-hydrogen) atoms. The van der Waals surface area contributed by atoms with Crippen molar-refractivity contribution in [3.8, 4) is 6.07 Å². The molecule has 0 saturated carbocycles. The van der Waals surface area contributed by atoms with Gasteiger partial charge >= 0.3 is 0 Å². The van der Waals surface area contributed by atoms with Gasteiger partial charge in [-0.05, 0) is 26.3 Å². The third-order valence-corrected chi connectivity index (χ3v) is 4.78. The SMILES string of the molecule is CC(C)N1CCO[C@H](CC(=O)N2CCCn3nc(C#N)cc3C2)C1. The number of aryl methyl sites for hydroxylation is 1. The van der Waals surface area contributed by atoms with Gasteiger partial charge in [-0.15, -0.1) is 0 Å². The molecule has 1 amide bonds. The van der Waals surface area contributed by atoms with Gasteiger partial charge < -0.3 is 9.64 Å². The quantitative estimate of drug-likeness (QED) is 0.825. The van der Waals surface area contributed by atoms with E-state index >= 15 is 0 Å². The fraction of sp³-hybridized carbons (Fsp3) is 0.706. The summed E-state index contributed by atoms with van der Waals surface area (Å²) in [6, 6.07) is 4.33. The van der Waals surface area contributed by atoms with Crippen LogP contribution in [0.15, 0.2) is 6.07 Å². The average molecular weight is 331 g/mol. The van der Waals surface area contributed by atoms with Crippen molar-refractivity contribution in [3.05, 3.63) is 17.5 Å². The van der Waals surface area contributed by atoms with E-state index in [0.717, 1.165) is 38.3 Å². The van der Waals surface area contributed by atoms with Crippen LogP contribution in [0.1, 0.15) is 38.1 Å². The molecule has 0 bridgehead atoms. The molecule has 3 heterocycles. The number of morpholine rings is 1. The van der Waals surface area contributed by atoms with Crippen molar-refractivity contribution in [2.24, 2.45) is 0 Å². The van der Waals surface area contributed by atoms with Gasteiger partial charge in [0.1, 0.15) is 6.07 Å². The number of hydrogen-bond acceptors (Lipinski definition) is 5. The second kappa shape index (κ2) is 7.32. The van der Waals surface area contributed by atoms with Gasteiger partial charge in [0.25, 0.3) is 0 Å². The fourth-order valence-corrected chi connectivity index (χ4v) is 3.39. The molecule has 7 nitrogen and oxygen atoms in total. The Hall–Kier alpha value is -1.91. The lowest BCUT2D eigenvalue weighted by Gasteiger charge is -2.36. The van der Waals surface area contributed by atoms with Crippen LogP contribution in [0, 0.1) is 11.3 Å². The Kier molecular flexibility index (Phi) is 5.17. The van der Waals surface area contributed by atoms with Crippen LogP contribution in [-0.2, 0) is 22.6 Å². The summed E-state index contributed by atoms with van der Waals surface area (Å²) >= 11 is 0. The Balaban J connectivity index is 1.61. The largest absolute Gasteiger partial charge is 0.375 e. The Labute approximate surface area is 142 Å². The lowest BCUT2D eigenvalue weighted by molar-refractivity contribution is -0.137. The highest BCUT2D eigenvalue weighted by Gasteiger charge is 2.27. The van der Waals surface area contributed by atoms with Crippen LogP contribution in [0.3, 0.4) is 0 Å². The lowest BCUT2D eigenvalue weighted by Crippen LogP contribution is -2.47. The molecule has 0 unspecified atom stereocenters. The van der Waals surface area contributed by atoms with Gasteiger partial charge in [0, 0.05) is 32.2 Å². The molecular formula is C17H25N5O2. The van der Waals surface area contributed by atoms with Gasteiger partial charge in [0.05, 0.1) is 31.4 Å². The molecule has 1 aromatic heterocycles. The highest BCUT2D eigenvalue weighted by molar-refractivity contribution is 5.76. The molecule has 0 spiro atoms. The summed E-state index contributed by atoms with van der Waals surface area (Å²) in [5.74, 6) is 0.124. The summed E-state index contributed by atoms with van der Waals surface area (Å²) in [6.07, 6.45) is 1.24. The zero-order valence-corrected chi connectivity index (χ0v) is 14.4. The number of nitriles is 1. The summed E-state index contributed by atoms with van der Waals surface area (Å²) in [6.45, 7) is 8.78. The van der Waals surface area contributed by atoms with E-state index in [1.807, 2.05) is 9.58 Å². The van der Waals surface area contributed by atoms with Crippen LogP contribution in [0.2, 0.25) is 0 Å². The monoisotopic (exact) mass is 331 g/mol. The van der Waals surface area contributed by atoms with Crippen molar-refractivity contribution < 1.29 is 9.53 Å². The highest BCUT2D eigenvalue weighted by Crippen LogP contribution is 2.17. The first kappa shape index (κ1) is 16.9. The molecule has 7 heteroatoms. The first-order valence-corrected chi connectivity index (χ1v) is 8.67. The van der Waals surface area contributed by atoms with Crippen LogP contribution in [0.4, 0.5) is 0 Å². The Morgan fingerprint density at radius 3 is 3.04 bits per heavy atom. The standard InChI is InChI=1S/C17H25N5O2/c1-13(2)20-6-7-24-16(12-20)9-17(23)21-4-3-5-22-15(11-21)8-14(10-18)19-22/h8,13,16H,3-7,9,11-12H2,1-2H3/t16-/m1/s1. The number of ether oxygens (including phenoxy) is 1. The van der Waals surface area contributed by atoms with Gasteiger partial charge in [-0.1, -0.05) is 0 Å². The first-order valence-electron chi connectivity index (χ1n) is 8.67. The zero-order valence-electron chi connectivity index (χ0n) is 14.4. The van der Waals surface area contributed by atoms with Crippen molar-refractivity contribution in [2.75, 3.05) is 26.2 Å². The molecule has 0 aliphatic carbocycles. The van der Waals surface area contributed by atoms with E-state index in [2.05, 4.69) is 29.9 Å². The molecule has 1 aromatic rings. The average Bonchev–Trinajstić information content (AvgIpc) is 2.85. The highest BCUT2D eigenvalue weighted by atomic mass is 16.5. The minimum absolute atomic E-state index is 0.0310. The third-order valence-electron chi connectivity index (χ3n) is 4.78. The summed E-state index contributed by atoms with van der Waals surface area (Å²) < 4.78 is 7.64. The predicted octanol–water partition coefficient (Wildman–Crippen LogP) is 0.986. The van der Waals surface area contributed by atoms with Crippen molar-refractivity contribution in [2.45, 2.75) is 51.9 Å². The van der Waals surface area contributed by atoms with Gasteiger partial charge in [0.15, 0.2) is 5.69 Å². The van der Waals surface area contributed by atoms with Crippen molar-refractivity contribution in [1.82, 2.24) is 19.6 Å². The number of carbonyl (C=O) groups is 1. The third kappa shape index (κ3) is 3.77. The van der Waals surface area contributed by atoms with E-state index in [-0.39, 0.29) is 12.0 Å². The van der Waals surface area contributed by atoms with Crippen molar-refractivity contribution in [1.29, 1.82) is 5.26 Å². The Morgan fingerprint density at radius 2 is 2.29 bits per heavy atom. The summed E-state index contributed by atoms with van der Waals surface area (Å²) in [5.41, 5.74) is 1.35. The summed E-state index contributed by atoms with van der Waals surface area (Å²) in [5, 5.41) is 13.2. The summed E-state index contributed by atoms with van der Waals surface area (Å²) in [7, 11) is 0. The van der Waals surface area contributed by atoms with E-state index < -0.39 is 0 Å².